The Balaban J connectivity index is 1.47. The summed E-state index contributed by atoms with van der Waals surface area (Å²) in [6.07, 6.45) is 3.70. The number of carbonyl (C=O) groups excluding carboxylic acids is 1. The van der Waals surface area contributed by atoms with Gasteiger partial charge in [0.25, 0.3) is 10.0 Å². The van der Waals surface area contributed by atoms with Gasteiger partial charge in [-0.15, -0.1) is 0 Å². The van der Waals surface area contributed by atoms with Crippen LogP contribution in [-0.4, -0.2) is 20.4 Å². The topological polar surface area (TPSA) is 85.6 Å². The molecule has 2 aliphatic carbocycles. The molecule has 8 heteroatoms. The molecule has 5 rings (SSSR count). The molecule has 33 heavy (non-hydrogen) atoms. The van der Waals surface area contributed by atoms with Gasteiger partial charge in [0.15, 0.2) is 5.76 Å². The molecule has 174 valence electrons. The van der Waals surface area contributed by atoms with Gasteiger partial charge in [0.2, 0.25) is 0 Å². The average molecular weight is 472 g/mol. The lowest BCUT2D eigenvalue weighted by Crippen LogP contribution is -2.31. The van der Waals surface area contributed by atoms with Crippen LogP contribution in [0.2, 0.25) is 0 Å². The van der Waals surface area contributed by atoms with E-state index in [4.69, 9.17) is 9.15 Å². The summed E-state index contributed by atoms with van der Waals surface area (Å²) >= 11 is 0. The van der Waals surface area contributed by atoms with E-state index < -0.39 is 21.7 Å². The second kappa shape index (κ2) is 7.58. The van der Waals surface area contributed by atoms with Crippen molar-refractivity contribution in [3.8, 4) is 5.75 Å². The fourth-order valence-electron chi connectivity index (χ4n) is 3.76. The van der Waals surface area contributed by atoms with Gasteiger partial charge in [-0.25, -0.2) is 17.5 Å². The summed E-state index contributed by atoms with van der Waals surface area (Å²) in [6, 6.07) is 9.40. The molecule has 0 spiro atoms. The van der Waals surface area contributed by atoms with E-state index in [-0.39, 0.29) is 38.9 Å². The second-order valence-electron chi connectivity index (χ2n) is 9.96. The zero-order valence-electron chi connectivity index (χ0n) is 18.8. The number of carbonyl (C=O) groups is 1. The lowest BCUT2D eigenvalue weighted by atomic mass is 9.87. The van der Waals surface area contributed by atoms with Crippen molar-refractivity contribution in [3.05, 3.63) is 59.1 Å². The summed E-state index contributed by atoms with van der Waals surface area (Å²) in [5, 5.41) is 0.148. The Kier molecular flexibility index (Phi) is 5.04. The Morgan fingerprint density at radius 2 is 1.82 bits per heavy atom. The van der Waals surface area contributed by atoms with Gasteiger partial charge in [0.1, 0.15) is 22.0 Å². The average Bonchev–Trinajstić information content (AvgIpc) is 3.65. The van der Waals surface area contributed by atoms with Crippen molar-refractivity contribution in [3.63, 3.8) is 0 Å². The van der Waals surface area contributed by atoms with Crippen LogP contribution in [0.15, 0.2) is 45.7 Å². The minimum atomic E-state index is -4.28. The molecule has 1 heterocycles. The third kappa shape index (κ3) is 4.49. The molecule has 6 nitrogen and oxygen atoms in total. The molecule has 1 amide bonds. The first-order chi connectivity index (χ1) is 15.5. The lowest BCUT2D eigenvalue weighted by Gasteiger charge is -2.21. The monoisotopic (exact) mass is 471 g/mol. The van der Waals surface area contributed by atoms with E-state index >= 15 is 0 Å². The standard InChI is InChI=1S/C25H26FNO5S/c1-25(2,3)16-6-9-20(31-17-7-8-17)23(12-16)33(29,30)27-24(28)22-13-18-19(26)10-15(14-4-5-14)11-21(18)32-22/h6,9-14,17H,4-5,7-8H2,1-3H3,(H,27,28). The minimum Gasteiger partial charge on any atom is -0.489 e. The molecule has 0 aliphatic heterocycles. The highest BCUT2D eigenvalue weighted by Gasteiger charge is 2.31. The van der Waals surface area contributed by atoms with Crippen LogP contribution in [0, 0.1) is 5.82 Å². The zero-order valence-corrected chi connectivity index (χ0v) is 19.6. The molecule has 0 saturated heterocycles. The van der Waals surface area contributed by atoms with E-state index in [2.05, 4.69) is 4.72 Å². The Bertz CT molecular complexity index is 1360. The summed E-state index contributed by atoms with van der Waals surface area (Å²) < 4.78 is 54.4. The first-order valence-corrected chi connectivity index (χ1v) is 12.6. The van der Waals surface area contributed by atoms with Gasteiger partial charge in [0.05, 0.1) is 11.5 Å². The molecule has 0 radical (unpaired) electrons. The molecular weight excluding hydrogens is 445 g/mol. The predicted molar refractivity (Wildman–Crippen MR) is 122 cm³/mol. The number of furan rings is 1. The molecule has 0 unspecified atom stereocenters. The third-order valence-electron chi connectivity index (χ3n) is 6.03. The van der Waals surface area contributed by atoms with Crippen LogP contribution in [0.4, 0.5) is 4.39 Å². The Morgan fingerprint density at radius 3 is 2.45 bits per heavy atom. The molecule has 3 aromatic rings. The van der Waals surface area contributed by atoms with Crippen LogP contribution in [0.1, 0.15) is 74.1 Å². The van der Waals surface area contributed by atoms with Crippen LogP contribution in [0.3, 0.4) is 0 Å². The number of benzene rings is 2. The molecule has 2 aromatic carbocycles. The summed E-state index contributed by atoms with van der Waals surface area (Å²) in [5.41, 5.74) is 1.54. The maximum Gasteiger partial charge on any atom is 0.300 e. The van der Waals surface area contributed by atoms with E-state index in [9.17, 15) is 17.6 Å². The van der Waals surface area contributed by atoms with Crippen LogP contribution in [0.5, 0.6) is 5.75 Å². The van der Waals surface area contributed by atoms with E-state index in [0.29, 0.717) is 5.92 Å². The van der Waals surface area contributed by atoms with E-state index in [0.717, 1.165) is 36.8 Å². The summed E-state index contributed by atoms with van der Waals surface area (Å²) in [4.78, 5) is 12.7. The quantitative estimate of drug-likeness (QED) is 0.520. The number of sulfonamides is 1. The molecule has 2 aliphatic rings. The Labute approximate surface area is 192 Å². The predicted octanol–water partition coefficient (Wildman–Crippen LogP) is 5.41. The lowest BCUT2D eigenvalue weighted by molar-refractivity contribution is 0.0956. The van der Waals surface area contributed by atoms with Crippen molar-refractivity contribution < 1.29 is 26.8 Å². The van der Waals surface area contributed by atoms with Gasteiger partial charge in [0, 0.05) is 6.07 Å². The number of nitrogens with one attached hydrogen (secondary N) is 1. The summed E-state index contributed by atoms with van der Waals surface area (Å²) in [7, 11) is -4.28. The largest absolute Gasteiger partial charge is 0.489 e. The fraction of sp³-hybridized carbons (Fsp3) is 0.400. The van der Waals surface area contributed by atoms with Crippen LogP contribution >= 0.6 is 0 Å². The SMILES string of the molecule is CC(C)(C)c1ccc(OC2CC2)c(S(=O)(=O)NC(=O)c2cc3c(F)cc(C4CC4)cc3o2)c1. The van der Waals surface area contributed by atoms with Crippen molar-refractivity contribution in [2.24, 2.45) is 0 Å². The van der Waals surface area contributed by atoms with Gasteiger partial charge in [-0.3, -0.25) is 4.79 Å². The van der Waals surface area contributed by atoms with Crippen LogP contribution < -0.4 is 9.46 Å². The normalized spacial score (nSPS) is 16.7. The number of halogens is 1. The summed E-state index contributed by atoms with van der Waals surface area (Å²) in [5.74, 6) is -1.20. The zero-order chi connectivity index (χ0) is 23.5. The maximum atomic E-state index is 14.5. The molecular formula is C25H26FNO5S. The molecule has 0 atom stereocenters. The van der Waals surface area contributed by atoms with Crippen molar-refractivity contribution in [2.45, 2.75) is 68.8 Å². The molecule has 2 saturated carbocycles. The first-order valence-electron chi connectivity index (χ1n) is 11.1. The van der Waals surface area contributed by atoms with Gasteiger partial charge in [-0.1, -0.05) is 26.8 Å². The van der Waals surface area contributed by atoms with Gasteiger partial charge in [-0.2, -0.15) is 0 Å². The highest BCUT2D eigenvalue weighted by molar-refractivity contribution is 7.90. The number of hydrogen-bond acceptors (Lipinski definition) is 5. The molecule has 0 bridgehead atoms. The van der Waals surface area contributed by atoms with Gasteiger partial charge >= 0.3 is 5.91 Å². The Hall–Kier alpha value is -2.87. The number of amides is 1. The Morgan fingerprint density at radius 1 is 1.09 bits per heavy atom. The number of ether oxygens (including phenoxy) is 1. The van der Waals surface area contributed by atoms with Crippen molar-refractivity contribution in [1.82, 2.24) is 4.72 Å². The fourth-order valence-corrected chi connectivity index (χ4v) is 4.87. The van der Waals surface area contributed by atoms with Crippen molar-refractivity contribution >= 4 is 26.9 Å². The van der Waals surface area contributed by atoms with Gasteiger partial charge < -0.3 is 9.15 Å². The minimum absolute atomic E-state index is 0.0193. The van der Waals surface area contributed by atoms with Crippen molar-refractivity contribution in [2.75, 3.05) is 0 Å². The smallest absolute Gasteiger partial charge is 0.300 e. The van der Waals surface area contributed by atoms with E-state index in [1.165, 1.54) is 18.2 Å². The number of rotatable bonds is 6. The number of fused-ring (bicyclic) bond motifs is 1. The number of hydrogen-bond donors (Lipinski definition) is 1. The maximum absolute atomic E-state index is 14.5. The first kappa shape index (κ1) is 21.9. The third-order valence-corrected chi connectivity index (χ3v) is 7.38. The highest BCUT2D eigenvalue weighted by atomic mass is 32.2. The second-order valence-corrected chi connectivity index (χ2v) is 11.6. The summed E-state index contributed by atoms with van der Waals surface area (Å²) in [6.45, 7) is 5.91. The molecule has 1 aromatic heterocycles. The molecule has 1 N–H and O–H groups in total. The van der Waals surface area contributed by atoms with E-state index in [1.54, 1.807) is 12.1 Å². The van der Waals surface area contributed by atoms with E-state index in [1.807, 2.05) is 26.8 Å². The van der Waals surface area contributed by atoms with Crippen molar-refractivity contribution in [1.29, 1.82) is 0 Å². The molecule has 2 fully saturated rings. The highest BCUT2D eigenvalue weighted by Crippen LogP contribution is 2.42. The van der Waals surface area contributed by atoms with Crippen LogP contribution in [0.25, 0.3) is 11.0 Å². The van der Waals surface area contributed by atoms with Gasteiger partial charge in [-0.05, 0) is 72.4 Å². The van der Waals surface area contributed by atoms with Crippen LogP contribution in [-0.2, 0) is 15.4 Å².